The number of anilines is 1. The van der Waals surface area contributed by atoms with E-state index >= 15 is 0 Å². The van der Waals surface area contributed by atoms with E-state index in [1.54, 1.807) is 6.20 Å². The fourth-order valence-corrected chi connectivity index (χ4v) is 1.05. The first-order valence-corrected chi connectivity index (χ1v) is 4.05. The summed E-state index contributed by atoms with van der Waals surface area (Å²) in [5.74, 6) is 3.10. The second-order valence-electron chi connectivity index (χ2n) is 2.70. The van der Waals surface area contributed by atoms with Gasteiger partial charge in [-0.2, -0.15) is 0 Å². The van der Waals surface area contributed by atoms with E-state index in [1.165, 1.54) is 0 Å². The van der Waals surface area contributed by atoms with Crippen LogP contribution in [0.3, 0.4) is 0 Å². The summed E-state index contributed by atoms with van der Waals surface area (Å²) in [4.78, 5) is 6.87. The van der Waals surface area contributed by atoms with Gasteiger partial charge < -0.3 is 10.7 Å². The van der Waals surface area contributed by atoms with Crippen LogP contribution in [-0.2, 0) is 6.42 Å². The summed E-state index contributed by atoms with van der Waals surface area (Å²) < 4.78 is 0. The summed E-state index contributed by atoms with van der Waals surface area (Å²) in [6.07, 6.45) is 10.9. The number of nitrogen functional groups attached to an aromatic ring is 1. The van der Waals surface area contributed by atoms with Crippen molar-refractivity contribution in [2.45, 2.75) is 25.7 Å². The molecule has 0 bridgehead atoms. The standard InChI is InChI=1S/C9H13N3.ClH/c1-2-3-4-5-6-8-7-11-9(10)12-8;/h1,7H,3-6H2,(H3,10,11,12);1H. The van der Waals surface area contributed by atoms with E-state index in [0.717, 1.165) is 31.4 Å². The van der Waals surface area contributed by atoms with Crippen molar-refractivity contribution in [3.8, 4) is 12.3 Å². The number of nitrogens with two attached hydrogens (primary N) is 1. The van der Waals surface area contributed by atoms with Crippen LogP contribution < -0.4 is 5.73 Å². The predicted octanol–water partition coefficient (Wildman–Crippen LogP) is 1.76. The van der Waals surface area contributed by atoms with Crippen molar-refractivity contribution >= 4 is 18.4 Å². The van der Waals surface area contributed by atoms with Crippen molar-refractivity contribution < 1.29 is 0 Å². The summed E-state index contributed by atoms with van der Waals surface area (Å²) in [6.45, 7) is 0. The molecule has 1 heterocycles. The number of aromatic nitrogens is 2. The molecule has 1 aromatic heterocycles. The molecule has 1 aromatic rings. The molecule has 0 atom stereocenters. The van der Waals surface area contributed by atoms with Gasteiger partial charge >= 0.3 is 0 Å². The van der Waals surface area contributed by atoms with Gasteiger partial charge in [-0.15, -0.1) is 24.8 Å². The maximum Gasteiger partial charge on any atom is 0.197 e. The third kappa shape index (κ3) is 4.44. The highest BCUT2D eigenvalue weighted by Crippen LogP contribution is 2.04. The zero-order chi connectivity index (χ0) is 8.81. The van der Waals surface area contributed by atoms with Crippen molar-refractivity contribution in [2.75, 3.05) is 5.73 Å². The molecular weight excluding hydrogens is 186 g/mol. The van der Waals surface area contributed by atoms with Gasteiger partial charge in [-0.3, -0.25) is 0 Å². The van der Waals surface area contributed by atoms with Gasteiger partial charge in [-0.05, 0) is 19.3 Å². The third-order valence-electron chi connectivity index (χ3n) is 1.67. The van der Waals surface area contributed by atoms with Crippen LogP contribution in [0.1, 0.15) is 25.0 Å². The molecule has 1 rings (SSSR count). The van der Waals surface area contributed by atoms with Crippen molar-refractivity contribution in [3.05, 3.63) is 11.9 Å². The summed E-state index contributed by atoms with van der Waals surface area (Å²) in [5, 5.41) is 0. The smallest absolute Gasteiger partial charge is 0.197 e. The van der Waals surface area contributed by atoms with E-state index in [0.29, 0.717) is 5.95 Å². The van der Waals surface area contributed by atoms with Gasteiger partial charge in [0.2, 0.25) is 0 Å². The van der Waals surface area contributed by atoms with Crippen molar-refractivity contribution in [1.82, 2.24) is 9.97 Å². The van der Waals surface area contributed by atoms with E-state index in [1.807, 2.05) is 0 Å². The Morgan fingerprint density at radius 1 is 1.54 bits per heavy atom. The minimum Gasteiger partial charge on any atom is -0.369 e. The number of nitrogens with zero attached hydrogens (tertiary/aromatic N) is 1. The Labute approximate surface area is 84.5 Å². The summed E-state index contributed by atoms with van der Waals surface area (Å²) in [6, 6.07) is 0. The molecule has 0 fully saturated rings. The number of hydrogen-bond donors (Lipinski definition) is 2. The highest BCUT2D eigenvalue weighted by Gasteiger charge is 1.95. The molecule has 0 aliphatic heterocycles. The largest absolute Gasteiger partial charge is 0.369 e. The van der Waals surface area contributed by atoms with Gasteiger partial charge in [-0.1, -0.05) is 0 Å². The Morgan fingerprint density at radius 2 is 2.31 bits per heavy atom. The Bertz CT molecular complexity index is 275. The molecule has 0 spiro atoms. The lowest BCUT2D eigenvalue weighted by atomic mass is 10.2. The topological polar surface area (TPSA) is 54.7 Å². The van der Waals surface area contributed by atoms with Crippen LogP contribution in [0.25, 0.3) is 0 Å². The maximum absolute atomic E-state index is 5.41. The first kappa shape index (κ1) is 11.9. The molecule has 0 aromatic carbocycles. The molecule has 0 aliphatic rings. The van der Waals surface area contributed by atoms with Gasteiger partial charge in [-0.25, -0.2) is 4.98 Å². The van der Waals surface area contributed by atoms with Crippen LogP contribution in [0.4, 0.5) is 5.95 Å². The van der Waals surface area contributed by atoms with Gasteiger partial charge in [0, 0.05) is 12.1 Å². The lowest BCUT2D eigenvalue weighted by Crippen LogP contribution is -1.88. The van der Waals surface area contributed by atoms with E-state index in [2.05, 4.69) is 15.9 Å². The number of H-pyrrole nitrogens is 1. The Hall–Kier alpha value is -1.14. The number of aryl methyl sites for hydroxylation is 1. The van der Waals surface area contributed by atoms with Crippen LogP contribution in [0.2, 0.25) is 0 Å². The zero-order valence-electron chi connectivity index (χ0n) is 7.42. The third-order valence-corrected chi connectivity index (χ3v) is 1.67. The SMILES string of the molecule is C#CCCCCc1cnc(N)[nH]1.Cl. The summed E-state index contributed by atoms with van der Waals surface area (Å²) in [5.41, 5.74) is 6.50. The van der Waals surface area contributed by atoms with Crippen molar-refractivity contribution in [3.63, 3.8) is 0 Å². The molecular formula is C9H14ClN3. The Morgan fingerprint density at radius 3 is 2.85 bits per heavy atom. The average Bonchev–Trinajstić information content (AvgIpc) is 2.45. The number of hydrogen-bond acceptors (Lipinski definition) is 2. The predicted molar refractivity (Wildman–Crippen MR) is 56.6 cm³/mol. The highest BCUT2D eigenvalue weighted by molar-refractivity contribution is 5.85. The van der Waals surface area contributed by atoms with Gasteiger partial charge in [0.05, 0.1) is 6.20 Å². The zero-order valence-corrected chi connectivity index (χ0v) is 8.23. The highest BCUT2D eigenvalue weighted by atomic mass is 35.5. The molecule has 0 aliphatic carbocycles. The maximum atomic E-state index is 5.41. The molecule has 3 N–H and O–H groups in total. The normalized spacial score (nSPS) is 8.85. The van der Waals surface area contributed by atoms with Crippen molar-refractivity contribution in [1.29, 1.82) is 0 Å². The Balaban J connectivity index is 0.00000144. The molecule has 13 heavy (non-hydrogen) atoms. The second kappa shape index (κ2) is 6.38. The fourth-order valence-electron chi connectivity index (χ4n) is 1.05. The number of unbranched alkanes of at least 4 members (excludes halogenated alkanes) is 2. The minimum atomic E-state index is 0. The lowest BCUT2D eigenvalue weighted by molar-refractivity contribution is 0.746. The first-order valence-electron chi connectivity index (χ1n) is 4.05. The summed E-state index contributed by atoms with van der Waals surface area (Å²) >= 11 is 0. The quantitative estimate of drug-likeness (QED) is 0.574. The van der Waals surface area contributed by atoms with E-state index < -0.39 is 0 Å². The molecule has 72 valence electrons. The molecule has 0 unspecified atom stereocenters. The summed E-state index contributed by atoms with van der Waals surface area (Å²) in [7, 11) is 0. The Kier molecular flexibility index (Phi) is 5.82. The van der Waals surface area contributed by atoms with Gasteiger partial charge in [0.1, 0.15) is 0 Å². The molecule has 0 radical (unpaired) electrons. The molecule has 3 nitrogen and oxygen atoms in total. The van der Waals surface area contributed by atoms with Gasteiger partial charge in [0.25, 0.3) is 0 Å². The number of nitrogens with one attached hydrogen (secondary N) is 1. The molecule has 0 amide bonds. The van der Waals surface area contributed by atoms with E-state index in [-0.39, 0.29) is 12.4 Å². The first-order chi connectivity index (χ1) is 5.83. The monoisotopic (exact) mass is 199 g/mol. The molecule has 4 heteroatoms. The van der Waals surface area contributed by atoms with Crippen LogP contribution in [0.15, 0.2) is 6.20 Å². The van der Waals surface area contributed by atoms with Crippen molar-refractivity contribution in [2.24, 2.45) is 0 Å². The molecule has 0 saturated heterocycles. The van der Waals surface area contributed by atoms with Gasteiger partial charge in [0.15, 0.2) is 5.95 Å². The van der Waals surface area contributed by atoms with Crippen LogP contribution in [-0.4, -0.2) is 9.97 Å². The average molecular weight is 200 g/mol. The van der Waals surface area contributed by atoms with Crippen LogP contribution in [0, 0.1) is 12.3 Å². The number of halogens is 1. The minimum absolute atomic E-state index is 0. The number of imidazole rings is 1. The van der Waals surface area contributed by atoms with Crippen LogP contribution in [0.5, 0.6) is 0 Å². The number of rotatable bonds is 4. The molecule has 0 saturated carbocycles. The number of terminal acetylenes is 1. The second-order valence-corrected chi connectivity index (χ2v) is 2.70. The fraction of sp³-hybridized carbons (Fsp3) is 0.444. The lowest BCUT2D eigenvalue weighted by Gasteiger charge is -1.93. The number of aromatic amines is 1. The van der Waals surface area contributed by atoms with E-state index in [4.69, 9.17) is 12.2 Å². The van der Waals surface area contributed by atoms with Crippen LogP contribution >= 0.6 is 12.4 Å². The van der Waals surface area contributed by atoms with E-state index in [9.17, 15) is 0 Å².